The van der Waals surface area contributed by atoms with Crippen LogP contribution in [-0.2, 0) is 20.1 Å². The summed E-state index contributed by atoms with van der Waals surface area (Å²) in [6, 6.07) is 31.1. The van der Waals surface area contributed by atoms with E-state index in [-0.39, 0.29) is 16.3 Å². The lowest BCUT2D eigenvalue weighted by Crippen LogP contribution is -2.65. The van der Waals surface area contributed by atoms with E-state index in [0.29, 0.717) is 27.9 Å². The van der Waals surface area contributed by atoms with Gasteiger partial charge in [0.15, 0.2) is 0 Å². The minimum absolute atomic E-state index is 0.146. The molecule has 1 aromatic heterocycles. The largest absolute Gasteiger partial charge is 0.554 e. The van der Waals surface area contributed by atoms with Gasteiger partial charge in [-0.2, -0.15) is 30.7 Å². The third kappa shape index (κ3) is 4.82. The third-order valence-corrected chi connectivity index (χ3v) is 10.6. The normalized spacial score (nSPS) is 15.8. The van der Waals surface area contributed by atoms with E-state index in [1.165, 1.54) is 6.07 Å². The van der Waals surface area contributed by atoms with E-state index in [2.05, 4.69) is 0 Å². The molecule has 1 N–H and O–H groups in total. The van der Waals surface area contributed by atoms with E-state index in [9.17, 15) is 39.5 Å². The highest BCUT2D eigenvalue weighted by atomic mass is 32.3. The minimum atomic E-state index is -7.41. The van der Waals surface area contributed by atoms with Gasteiger partial charge in [0.2, 0.25) is 5.75 Å². The smallest absolute Gasteiger partial charge is 0.308 e. The molecule has 0 fully saturated rings. The van der Waals surface area contributed by atoms with Gasteiger partial charge >= 0.3 is 33.8 Å². The van der Waals surface area contributed by atoms with Crippen LogP contribution in [0, 0.1) is 0 Å². The Bertz CT molecular complexity index is 2390. The number of aromatic nitrogens is 1. The standard InChI is InChI=1S/C37H24F9NO3S/c1-33(2)26-14-8-6-12-24(26)30-27(33)20-29(50-51(48,49)37(45,46)35(40,41)34(38,39)36(42,43)44)31-25-13-7-9-15-28(25)47(32(30)31)23-18-16-22(17-19-23)21-10-4-3-5-11-21/h3-20H,1-2H3/p+1. The average molecular weight is 735 g/mol. The van der Waals surface area contributed by atoms with Crippen molar-refractivity contribution in [2.24, 2.45) is 0 Å². The Kier molecular flexibility index (Phi) is 7.53. The molecule has 6 aromatic rings. The van der Waals surface area contributed by atoms with Crippen LogP contribution in [0.4, 0.5) is 39.5 Å². The van der Waals surface area contributed by atoms with Crippen molar-refractivity contribution < 1.29 is 52.5 Å². The van der Waals surface area contributed by atoms with Crippen LogP contribution in [0.25, 0.3) is 49.7 Å². The summed E-state index contributed by atoms with van der Waals surface area (Å²) < 4.78 is 156. The van der Waals surface area contributed by atoms with Crippen molar-refractivity contribution in [3.05, 3.63) is 120 Å². The molecule has 1 aliphatic rings. The quantitative estimate of drug-likeness (QED) is 0.131. The van der Waals surface area contributed by atoms with Crippen LogP contribution in [0.1, 0.15) is 25.0 Å². The number of hydrogen-bond donors (Lipinski definition) is 1. The van der Waals surface area contributed by atoms with Crippen LogP contribution in [0.2, 0.25) is 0 Å². The first kappa shape index (κ1) is 34.6. The summed E-state index contributed by atoms with van der Waals surface area (Å²) >= 11 is 0. The van der Waals surface area contributed by atoms with Crippen LogP contribution < -0.4 is 4.18 Å². The van der Waals surface area contributed by atoms with E-state index >= 15 is 8.78 Å². The van der Waals surface area contributed by atoms with Gasteiger partial charge in [-0.15, -0.1) is 13.3 Å². The molecular weight excluding hydrogens is 709 g/mol. The van der Waals surface area contributed by atoms with Gasteiger partial charge in [-0.25, -0.2) is 4.18 Å². The predicted octanol–water partition coefficient (Wildman–Crippen LogP) is 11.4. The Morgan fingerprint density at radius 3 is 1.90 bits per heavy atom. The number of hydrogen-bond acceptors (Lipinski definition) is 2. The summed E-state index contributed by atoms with van der Waals surface area (Å²) in [4.78, 5) is 0. The first-order chi connectivity index (χ1) is 23.7. The Labute approximate surface area is 285 Å². The number of nitrogens with zero attached hydrogens (tertiary/aromatic N) is 1. The fourth-order valence-corrected chi connectivity index (χ4v) is 7.68. The zero-order valence-electron chi connectivity index (χ0n) is 26.4. The van der Waals surface area contributed by atoms with E-state index in [1.807, 2.05) is 42.5 Å². The number of fused-ring (bicyclic) bond motifs is 7. The van der Waals surface area contributed by atoms with Gasteiger partial charge in [-0.1, -0.05) is 98.8 Å². The SMILES string of the molecule is CC1(C)c2ccccc2-c2c1cc(O[S+](=O)(O)C(F)(F)C(F)(F)C(F)(F)C(F)(F)F)c1c3ccccc3n(-c3ccc(-c4ccccc4)cc3)c21. The highest BCUT2D eigenvalue weighted by Gasteiger charge is 2.91. The van der Waals surface area contributed by atoms with Crippen molar-refractivity contribution in [2.45, 2.75) is 42.5 Å². The second-order valence-corrected chi connectivity index (χ2v) is 14.3. The summed E-state index contributed by atoms with van der Waals surface area (Å²) in [5.41, 5.74) is 4.21. The summed E-state index contributed by atoms with van der Waals surface area (Å²) in [5.74, 6) is -15.7. The number of benzene rings is 5. The molecule has 1 heterocycles. The molecule has 0 bridgehead atoms. The van der Waals surface area contributed by atoms with Gasteiger partial charge in [0, 0.05) is 22.1 Å². The summed E-state index contributed by atoms with van der Waals surface area (Å²) in [6.45, 7) is 3.50. The first-order valence-electron chi connectivity index (χ1n) is 15.3. The fourth-order valence-electron chi connectivity index (χ4n) is 6.75. The summed E-state index contributed by atoms with van der Waals surface area (Å²) in [6.07, 6.45) is -7.20. The third-order valence-electron chi connectivity index (χ3n) is 9.32. The second-order valence-electron chi connectivity index (χ2n) is 12.7. The molecule has 1 unspecified atom stereocenters. The zero-order valence-corrected chi connectivity index (χ0v) is 27.2. The van der Waals surface area contributed by atoms with E-state index in [1.54, 1.807) is 73.0 Å². The van der Waals surface area contributed by atoms with Crippen molar-refractivity contribution in [1.82, 2.24) is 4.57 Å². The molecule has 7 rings (SSSR count). The maximum Gasteiger partial charge on any atom is 0.554 e. The molecule has 5 aromatic carbocycles. The molecule has 1 atom stereocenters. The van der Waals surface area contributed by atoms with Crippen LogP contribution in [0.3, 0.4) is 0 Å². The average Bonchev–Trinajstić information content (AvgIpc) is 3.54. The highest BCUT2D eigenvalue weighted by molar-refractivity contribution is 7.94. The number of halogens is 9. The molecule has 0 saturated carbocycles. The van der Waals surface area contributed by atoms with Gasteiger partial charge in [0.05, 0.1) is 16.4 Å². The highest BCUT2D eigenvalue weighted by Crippen LogP contribution is 2.58. The molecule has 0 aliphatic heterocycles. The van der Waals surface area contributed by atoms with E-state index in [0.717, 1.165) is 22.8 Å². The van der Waals surface area contributed by atoms with Gasteiger partial charge in [-0.3, -0.25) is 0 Å². The van der Waals surface area contributed by atoms with Gasteiger partial charge < -0.3 is 4.57 Å². The Morgan fingerprint density at radius 1 is 0.686 bits per heavy atom. The lowest BCUT2D eigenvalue weighted by molar-refractivity contribution is -0.383. The molecule has 4 nitrogen and oxygen atoms in total. The van der Waals surface area contributed by atoms with E-state index in [4.69, 9.17) is 4.18 Å². The molecule has 51 heavy (non-hydrogen) atoms. The van der Waals surface area contributed by atoms with Crippen LogP contribution in [0.5, 0.6) is 5.75 Å². The Balaban J connectivity index is 1.52. The van der Waals surface area contributed by atoms with Crippen LogP contribution in [-0.4, -0.2) is 32.4 Å². The summed E-state index contributed by atoms with van der Waals surface area (Å²) in [5, 5.41) is -6.87. The maximum atomic E-state index is 15.1. The van der Waals surface area contributed by atoms with Crippen molar-refractivity contribution in [2.75, 3.05) is 0 Å². The van der Waals surface area contributed by atoms with Crippen molar-refractivity contribution in [1.29, 1.82) is 0 Å². The molecule has 0 radical (unpaired) electrons. The number of alkyl halides is 9. The maximum absolute atomic E-state index is 15.1. The minimum Gasteiger partial charge on any atom is -0.308 e. The Morgan fingerprint density at radius 2 is 1.25 bits per heavy atom. The molecule has 1 aliphatic carbocycles. The second kappa shape index (κ2) is 11.1. The van der Waals surface area contributed by atoms with Gasteiger partial charge in [-0.05, 0) is 56.3 Å². The van der Waals surface area contributed by atoms with Gasteiger partial charge in [0.1, 0.15) is 0 Å². The molecule has 264 valence electrons. The molecular formula is C37H25F9NO3S+. The lowest BCUT2D eigenvalue weighted by Gasteiger charge is -2.30. The zero-order chi connectivity index (χ0) is 36.9. The monoisotopic (exact) mass is 734 g/mol. The predicted molar refractivity (Wildman–Crippen MR) is 176 cm³/mol. The molecule has 0 saturated heterocycles. The molecule has 14 heteroatoms. The van der Waals surface area contributed by atoms with Gasteiger partial charge in [0.25, 0.3) is 0 Å². The Hall–Kier alpha value is -4.82. The topological polar surface area (TPSA) is 51.5 Å². The van der Waals surface area contributed by atoms with Crippen LogP contribution >= 0.6 is 0 Å². The van der Waals surface area contributed by atoms with Crippen molar-refractivity contribution in [3.8, 4) is 33.7 Å². The van der Waals surface area contributed by atoms with E-state index < -0.39 is 44.9 Å². The van der Waals surface area contributed by atoms with Crippen molar-refractivity contribution in [3.63, 3.8) is 0 Å². The number of rotatable bonds is 7. The van der Waals surface area contributed by atoms with Crippen molar-refractivity contribution >= 4 is 32.3 Å². The molecule has 0 spiro atoms. The summed E-state index contributed by atoms with van der Waals surface area (Å²) in [7, 11) is -7.01. The lowest BCUT2D eigenvalue weighted by atomic mass is 9.82. The molecule has 0 amide bonds. The first-order valence-corrected chi connectivity index (χ1v) is 16.7. The fraction of sp³-hybridized carbons (Fsp3) is 0.189. The van der Waals surface area contributed by atoms with Crippen LogP contribution in [0.15, 0.2) is 109 Å². The number of para-hydroxylation sites is 1.